The second-order valence-electron chi connectivity index (χ2n) is 7.50. The molecule has 0 saturated heterocycles. The van der Waals surface area contributed by atoms with Crippen LogP contribution in [-0.2, 0) is 0 Å². The van der Waals surface area contributed by atoms with Gasteiger partial charge in [-0.1, -0.05) is 30.0 Å². The Bertz CT molecular complexity index is 950. The van der Waals surface area contributed by atoms with Crippen LogP contribution in [0.4, 0.5) is 0 Å². The van der Waals surface area contributed by atoms with Crippen molar-refractivity contribution in [3.8, 4) is 22.9 Å². The highest BCUT2D eigenvalue weighted by Gasteiger charge is 2.18. The van der Waals surface area contributed by atoms with Crippen LogP contribution < -0.4 is 9.47 Å². The lowest BCUT2D eigenvalue weighted by Gasteiger charge is -2.17. The molecule has 0 aliphatic heterocycles. The van der Waals surface area contributed by atoms with E-state index in [1.54, 1.807) is 7.11 Å². The topological polar surface area (TPSA) is 69.4 Å². The third kappa shape index (κ3) is 5.15. The molecule has 0 aliphatic rings. The monoisotopic (exact) mass is 427 g/mol. The summed E-state index contributed by atoms with van der Waals surface area (Å²) in [6.45, 7) is 8.45. The van der Waals surface area contributed by atoms with Crippen molar-refractivity contribution in [3.63, 3.8) is 0 Å². The molecule has 1 heterocycles. The molecule has 0 saturated carbocycles. The normalized spacial score (nSPS) is 12.2. The fraction of sp³-hybridized carbons (Fsp3) is 0.391. The van der Waals surface area contributed by atoms with E-state index in [1.807, 2.05) is 56.3 Å². The molecular weight excluding hydrogens is 398 g/mol. The number of hydrogen-bond donors (Lipinski definition) is 1. The first-order valence-corrected chi connectivity index (χ1v) is 11.0. The van der Waals surface area contributed by atoms with E-state index in [0.717, 1.165) is 39.2 Å². The molecule has 6 nitrogen and oxygen atoms in total. The molecule has 0 amide bonds. The summed E-state index contributed by atoms with van der Waals surface area (Å²) in [5, 5.41) is 20.0. The Morgan fingerprint density at radius 2 is 1.70 bits per heavy atom. The van der Waals surface area contributed by atoms with E-state index >= 15 is 0 Å². The predicted octanol–water partition coefficient (Wildman–Crippen LogP) is 4.68. The number of aromatic nitrogens is 3. The molecule has 0 radical (unpaired) electrons. The van der Waals surface area contributed by atoms with Gasteiger partial charge in [0.05, 0.1) is 13.2 Å². The predicted molar refractivity (Wildman–Crippen MR) is 121 cm³/mol. The molecule has 2 aromatic carbocycles. The van der Waals surface area contributed by atoms with Crippen LogP contribution in [0, 0.1) is 13.8 Å². The Hall–Kier alpha value is -2.51. The molecular formula is C23H29N3O3S. The first-order chi connectivity index (χ1) is 14.4. The number of aryl methyl sites for hydroxylation is 2. The van der Waals surface area contributed by atoms with E-state index in [0.29, 0.717) is 5.75 Å². The van der Waals surface area contributed by atoms with Crippen LogP contribution in [-0.4, -0.2) is 45.4 Å². The van der Waals surface area contributed by atoms with Gasteiger partial charge in [-0.2, -0.15) is 0 Å². The molecule has 0 spiro atoms. The van der Waals surface area contributed by atoms with Crippen LogP contribution in [0.3, 0.4) is 0 Å². The number of nitrogens with zero attached hydrogens (tertiary/aromatic N) is 3. The number of hydrogen-bond acceptors (Lipinski definition) is 6. The molecule has 0 fully saturated rings. The van der Waals surface area contributed by atoms with E-state index in [1.165, 1.54) is 11.8 Å². The van der Waals surface area contributed by atoms with Crippen molar-refractivity contribution in [2.24, 2.45) is 0 Å². The highest BCUT2D eigenvalue weighted by molar-refractivity contribution is 7.99. The highest BCUT2D eigenvalue weighted by Crippen LogP contribution is 2.29. The Morgan fingerprint density at radius 1 is 1.03 bits per heavy atom. The second-order valence-corrected chi connectivity index (χ2v) is 8.48. The molecule has 1 N–H and O–H groups in total. The zero-order chi connectivity index (χ0) is 21.7. The number of benzene rings is 2. The summed E-state index contributed by atoms with van der Waals surface area (Å²) in [7, 11) is 1.65. The van der Waals surface area contributed by atoms with Crippen molar-refractivity contribution >= 4 is 11.8 Å². The average molecular weight is 428 g/mol. The lowest BCUT2D eigenvalue weighted by Crippen LogP contribution is -2.21. The molecule has 0 bridgehead atoms. The molecule has 160 valence electrons. The maximum atomic E-state index is 10.4. The van der Waals surface area contributed by atoms with Crippen molar-refractivity contribution in [2.45, 2.75) is 45.0 Å². The smallest absolute Gasteiger partial charge is 0.191 e. The third-order valence-corrected chi connectivity index (χ3v) is 5.85. The number of thioether (sulfide) groups is 1. The maximum Gasteiger partial charge on any atom is 0.191 e. The number of methoxy groups -OCH3 is 1. The summed E-state index contributed by atoms with van der Waals surface area (Å²) in [6, 6.07) is 14.0. The minimum Gasteiger partial charge on any atom is -0.497 e. The number of rotatable bonds is 9. The first kappa shape index (κ1) is 22.2. The SMILES string of the molecule is COc1ccc(-c2nnc(SC[C@@H](O)COc3c(C)cccc3C)n2C(C)C)cc1. The van der Waals surface area contributed by atoms with Crippen molar-refractivity contribution < 1.29 is 14.6 Å². The second kappa shape index (κ2) is 10.00. The lowest BCUT2D eigenvalue weighted by atomic mass is 10.1. The third-order valence-electron chi connectivity index (χ3n) is 4.76. The maximum absolute atomic E-state index is 10.4. The van der Waals surface area contributed by atoms with Gasteiger partial charge >= 0.3 is 0 Å². The number of para-hydroxylation sites is 1. The number of aliphatic hydroxyl groups is 1. The molecule has 0 unspecified atom stereocenters. The van der Waals surface area contributed by atoms with Gasteiger partial charge in [0.15, 0.2) is 11.0 Å². The van der Waals surface area contributed by atoms with Gasteiger partial charge < -0.3 is 14.6 Å². The van der Waals surface area contributed by atoms with Crippen LogP contribution in [0.2, 0.25) is 0 Å². The van der Waals surface area contributed by atoms with Gasteiger partial charge in [-0.05, 0) is 63.1 Å². The minimum absolute atomic E-state index is 0.183. The summed E-state index contributed by atoms with van der Waals surface area (Å²) in [4.78, 5) is 0. The standard InChI is InChI=1S/C23H29N3O3S/c1-15(2)26-22(18-9-11-20(28-5)12-10-18)24-25-23(26)30-14-19(27)13-29-21-16(3)7-6-8-17(21)4/h6-12,15,19,27H,13-14H2,1-5H3/t19-/m0/s1. The zero-order valence-electron chi connectivity index (χ0n) is 18.1. The molecule has 1 aromatic heterocycles. The van der Waals surface area contributed by atoms with Crippen LogP contribution >= 0.6 is 11.8 Å². The Labute approximate surface area is 182 Å². The quantitative estimate of drug-likeness (QED) is 0.500. The summed E-state index contributed by atoms with van der Waals surface area (Å²) in [5.74, 6) is 2.92. The summed E-state index contributed by atoms with van der Waals surface area (Å²) >= 11 is 1.48. The highest BCUT2D eigenvalue weighted by atomic mass is 32.2. The minimum atomic E-state index is -0.615. The fourth-order valence-corrected chi connectivity index (χ4v) is 4.18. The molecule has 3 aromatic rings. The van der Waals surface area contributed by atoms with E-state index in [4.69, 9.17) is 9.47 Å². The van der Waals surface area contributed by atoms with Crippen LogP contribution in [0.1, 0.15) is 31.0 Å². The van der Waals surface area contributed by atoms with Gasteiger partial charge in [-0.15, -0.1) is 10.2 Å². The van der Waals surface area contributed by atoms with Crippen molar-refractivity contribution in [3.05, 3.63) is 53.6 Å². The lowest BCUT2D eigenvalue weighted by molar-refractivity contribution is 0.125. The van der Waals surface area contributed by atoms with Gasteiger partial charge in [0.1, 0.15) is 18.1 Å². The first-order valence-electron chi connectivity index (χ1n) is 10.00. The summed E-state index contributed by atoms with van der Waals surface area (Å²) in [6.07, 6.45) is -0.615. The van der Waals surface area contributed by atoms with E-state index in [9.17, 15) is 5.11 Å². The van der Waals surface area contributed by atoms with Gasteiger partial charge in [0, 0.05) is 17.4 Å². The Kier molecular flexibility index (Phi) is 7.39. The van der Waals surface area contributed by atoms with Gasteiger partial charge in [0.25, 0.3) is 0 Å². The molecule has 30 heavy (non-hydrogen) atoms. The van der Waals surface area contributed by atoms with Crippen LogP contribution in [0.15, 0.2) is 47.6 Å². The van der Waals surface area contributed by atoms with Crippen molar-refractivity contribution in [1.29, 1.82) is 0 Å². The van der Waals surface area contributed by atoms with Gasteiger partial charge in [0.2, 0.25) is 0 Å². The van der Waals surface area contributed by atoms with E-state index < -0.39 is 6.10 Å². The summed E-state index contributed by atoms with van der Waals surface area (Å²) < 4.78 is 13.2. The fourth-order valence-electron chi connectivity index (χ4n) is 3.20. The molecule has 7 heteroatoms. The Balaban J connectivity index is 1.67. The van der Waals surface area contributed by atoms with Crippen LogP contribution in [0.25, 0.3) is 11.4 Å². The largest absolute Gasteiger partial charge is 0.497 e. The molecule has 3 rings (SSSR count). The van der Waals surface area contributed by atoms with Gasteiger partial charge in [-0.3, -0.25) is 4.57 Å². The van der Waals surface area contributed by atoms with Crippen molar-refractivity contribution in [2.75, 3.05) is 19.5 Å². The van der Waals surface area contributed by atoms with E-state index in [2.05, 4.69) is 28.6 Å². The van der Waals surface area contributed by atoms with E-state index in [-0.39, 0.29) is 12.6 Å². The average Bonchev–Trinajstić information content (AvgIpc) is 3.16. The van der Waals surface area contributed by atoms with Gasteiger partial charge in [-0.25, -0.2) is 0 Å². The number of ether oxygens (including phenoxy) is 2. The molecule has 0 aliphatic carbocycles. The van der Waals surface area contributed by atoms with Crippen molar-refractivity contribution in [1.82, 2.24) is 14.8 Å². The molecule has 1 atom stereocenters. The van der Waals surface area contributed by atoms with Crippen LogP contribution in [0.5, 0.6) is 11.5 Å². The number of aliphatic hydroxyl groups excluding tert-OH is 1. The zero-order valence-corrected chi connectivity index (χ0v) is 18.9. The summed E-state index contributed by atoms with van der Waals surface area (Å²) in [5.41, 5.74) is 3.11. The Morgan fingerprint density at radius 3 is 2.30 bits per heavy atom.